The van der Waals surface area contributed by atoms with Crippen molar-refractivity contribution in [2.24, 2.45) is 0 Å². The summed E-state index contributed by atoms with van der Waals surface area (Å²) in [4.78, 5) is 38.5. The lowest BCUT2D eigenvalue weighted by Crippen LogP contribution is -2.44. The van der Waals surface area contributed by atoms with E-state index in [0.717, 1.165) is 0 Å². The molecule has 1 aromatic heterocycles. The number of nitrogens with zero attached hydrogens (tertiary/aromatic N) is 2. The Bertz CT molecular complexity index is 683. The molecule has 2 amide bonds. The van der Waals surface area contributed by atoms with Gasteiger partial charge in [0.15, 0.2) is 5.82 Å². The lowest BCUT2D eigenvalue weighted by atomic mass is 10.2. The maximum Gasteiger partial charge on any atom is 0.326 e. The Morgan fingerprint density at radius 2 is 1.96 bits per heavy atom. The number of hydrogen-bond acceptors (Lipinski definition) is 7. The second kappa shape index (κ2) is 10.5. The van der Waals surface area contributed by atoms with E-state index >= 15 is 0 Å². The van der Waals surface area contributed by atoms with Crippen LogP contribution in [0.2, 0.25) is 0 Å². The molecule has 8 nitrogen and oxygen atoms in total. The number of rotatable bonds is 9. The average molecular weight is 414 g/mol. The Kier molecular flexibility index (Phi) is 9.00. The fourth-order valence-corrected chi connectivity index (χ4v) is 3.00. The molecule has 2 atom stereocenters. The molecule has 1 rings (SSSR count). The van der Waals surface area contributed by atoms with Crippen LogP contribution in [0.25, 0.3) is 0 Å². The molecule has 0 spiro atoms. The van der Waals surface area contributed by atoms with E-state index in [1.54, 1.807) is 40.7 Å². The van der Waals surface area contributed by atoms with Crippen LogP contribution in [0.5, 0.6) is 0 Å². The highest BCUT2D eigenvalue weighted by atomic mass is 32.2. The monoisotopic (exact) mass is 413 g/mol. The van der Waals surface area contributed by atoms with E-state index < -0.39 is 16.8 Å². The Hall–Kier alpha value is -2.03. The van der Waals surface area contributed by atoms with Crippen LogP contribution in [0.15, 0.2) is 10.6 Å². The molecule has 158 valence electrons. The SMILES string of the molecule is CC[C@@H](C)N(CC(=O)OC(C)(C)C)C(=O)CS[C@H](C)C(=O)Nc1cc(C)on1. The van der Waals surface area contributed by atoms with Crippen molar-refractivity contribution >= 4 is 35.4 Å². The first-order valence-electron chi connectivity index (χ1n) is 9.30. The summed E-state index contributed by atoms with van der Waals surface area (Å²) in [6.07, 6.45) is 0.709. The van der Waals surface area contributed by atoms with Gasteiger partial charge in [0.1, 0.15) is 17.9 Å². The molecular formula is C19H31N3O5S. The smallest absolute Gasteiger partial charge is 0.326 e. The van der Waals surface area contributed by atoms with Gasteiger partial charge in [0, 0.05) is 12.1 Å². The zero-order chi connectivity index (χ0) is 21.5. The second-order valence-corrected chi connectivity index (χ2v) is 8.96. The number of ether oxygens (including phenoxy) is 1. The van der Waals surface area contributed by atoms with E-state index in [2.05, 4.69) is 10.5 Å². The Labute approximate surface area is 170 Å². The fraction of sp³-hybridized carbons (Fsp3) is 0.684. The first kappa shape index (κ1) is 24.0. The van der Waals surface area contributed by atoms with Crippen LogP contribution in [0, 0.1) is 6.92 Å². The van der Waals surface area contributed by atoms with Gasteiger partial charge < -0.3 is 19.5 Å². The molecule has 0 saturated heterocycles. The predicted octanol–water partition coefficient (Wildman–Crippen LogP) is 3.01. The van der Waals surface area contributed by atoms with Gasteiger partial charge >= 0.3 is 5.97 Å². The quantitative estimate of drug-likeness (QED) is 0.621. The van der Waals surface area contributed by atoms with Gasteiger partial charge in [0.05, 0.1) is 11.0 Å². The van der Waals surface area contributed by atoms with Crippen molar-refractivity contribution in [2.75, 3.05) is 17.6 Å². The third-order valence-corrected chi connectivity index (χ3v) is 5.00. The van der Waals surface area contributed by atoms with E-state index in [9.17, 15) is 14.4 Å². The minimum Gasteiger partial charge on any atom is -0.459 e. The van der Waals surface area contributed by atoms with E-state index in [-0.39, 0.29) is 30.2 Å². The molecule has 1 aromatic rings. The normalized spacial score (nSPS) is 13.5. The van der Waals surface area contributed by atoms with Crippen molar-refractivity contribution in [1.29, 1.82) is 0 Å². The van der Waals surface area contributed by atoms with E-state index in [1.807, 2.05) is 13.8 Å². The predicted molar refractivity (Wildman–Crippen MR) is 109 cm³/mol. The largest absolute Gasteiger partial charge is 0.459 e. The molecule has 0 aliphatic rings. The fourth-order valence-electron chi connectivity index (χ4n) is 2.23. The summed E-state index contributed by atoms with van der Waals surface area (Å²) in [5.74, 6) is 0.0953. The highest BCUT2D eigenvalue weighted by Gasteiger charge is 2.26. The Morgan fingerprint density at radius 3 is 2.46 bits per heavy atom. The molecule has 0 aliphatic carbocycles. The standard InChI is InChI=1S/C19H31N3O5S/c1-8-12(2)22(10-17(24)26-19(5,6)7)16(23)11-28-14(4)18(25)20-15-9-13(3)27-21-15/h9,12,14H,8,10-11H2,1-7H3,(H,20,21,25)/t12-,14-/m1/s1. The third kappa shape index (κ3) is 8.33. The van der Waals surface area contributed by atoms with Crippen LogP contribution >= 0.6 is 11.8 Å². The molecule has 0 radical (unpaired) electrons. The molecule has 0 aliphatic heterocycles. The lowest BCUT2D eigenvalue weighted by Gasteiger charge is -2.29. The van der Waals surface area contributed by atoms with Gasteiger partial charge in [0.25, 0.3) is 0 Å². The van der Waals surface area contributed by atoms with Crippen LogP contribution in [-0.4, -0.2) is 57.0 Å². The molecule has 28 heavy (non-hydrogen) atoms. The van der Waals surface area contributed by atoms with Gasteiger partial charge in [0.2, 0.25) is 11.8 Å². The van der Waals surface area contributed by atoms with Gasteiger partial charge in [-0.2, -0.15) is 0 Å². The number of esters is 1. The number of anilines is 1. The summed E-state index contributed by atoms with van der Waals surface area (Å²) in [5.41, 5.74) is -0.609. The molecule has 0 saturated carbocycles. The highest BCUT2D eigenvalue weighted by Crippen LogP contribution is 2.17. The summed E-state index contributed by atoms with van der Waals surface area (Å²) < 4.78 is 10.2. The Morgan fingerprint density at radius 1 is 1.32 bits per heavy atom. The van der Waals surface area contributed by atoms with Crippen LogP contribution in [0.1, 0.15) is 53.7 Å². The maximum atomic E-state index is 12.7. The van der Waals surface area contributed by atoms with Gasteiger partial charge in [-0.25, -0.2) is 0 Å². The molecule has 1 heterocycles. The van der Waals surface area contributed by atoms with Gasteiger partial charge in [-0.05, 0) is 48.0 Å². The summed E-state index contributed by atoms with van der Waals surface area (Å²) in [7, 11) is 0. The van der Waals surface area contributed by atoms with Crippen molar-refractivity contribution < 1.29 is 23.6 Å². The van der Waals surface area contributed by atoms with Gasteiger partial charge in [-0.3, -0.25) is 14.4 Å². The van der Waals surface area contributed by atoms with Crippen molar-refractivity contribution in [3.05, 3.63) is 11.8 Å². The van der Waals surface area contributed by atoms with E-state index in [1.165, 1.54) is 16.7 Å². The molecule has 1 N–H and O–H groups in total. The lowest BCUT2D eigenvalue weighted by molar-refractivity contribution is -0.159. The zero-order valence-electron chi connectivity index (χ0n) is 17.7. The molecule has 0 bridgehead atoms. The topological polar surface area (TPSA) is 102 Å². The number of nitrogens with one attached hydrogen (secondary N) is 1. The highest BCUT2D eigenvalue weighted by molar-refractivity contribution is 8.01. The molecular weight excluding hydrogens is 382 g/mol. The van der Waals surface area contributed by atoms with Gasteiger partial charge in [-0.1, -0.05) is 12.1 Å². The summed E-state index contributed by atoms with van der Waals surface area (Å²) >= 11 is 1.20. The molecule has 0 fully saturated rings. The number of aryl methyl sites for hydroxylation is 1. The second-order valence-electron chi connectivity index (χ2n) is 7.63. The van der Waals surface area contributed by atoms with Gasteiger partial charge in [-0.15, -0.1) is 11.8 Å². The minimum absolute atomic E-state index is 0.0829. The van der Waals surface area contributed by atoms with Crippen molar-refractivity contribution in [1.82, 2.24) is 10.1 Å². The Balaban J connectivity index is 2.61. The maximum absolute atomic E-state index is 12.7. The third-order valence-electron chi connectivity index (χ3n) is 3.87. The number of hydrogen-bond donors (Lipinski definition) is 1. The summed E-state index contributed by atoms with van der Waals surface area (Å²) in [6, 6.07) is 1.51. The average Bonchev–Trinajstić information content (AvgIpc) is 2.99. The van der Waals surface area contributed by atoms with E-state index in [4.69, 9.17) is 9.26 Å². The van der Waals surface area contributed by atoms with Crippen LogP contribution in [-0.2, 0) is 19.1 Å². The number of amides is 2. The number of thioether (sulfide) groups is 1. The van der Waals surface area contributed by atoms with E-state index in [0.29, 0.717) is 18.0 Å². The summed E-state index contributed by atoms with van der Waals surface area (Å²) in [5, 5.41) is 5.89. The van der Waals surface area contributed by atoms with Crippen LogP contribution in [0.3, 0.4) is 0 Å². The molecule has 0 unspecified atom stereocenters. The molecule has 9 heteroatoms. The van der Waals surface area contributed by atoms with Crippen LogP contribution < -0.4 is 5.32 Å². The van der Waals surface area contributed by atoms with Crippen molar-refractivity contribution in [3.8, 4) is 0 Å². The number of carbonyl (C=O) groups excluding carboxylic acids is 3. The van der Waals surface area contributed by atoms with Crippen LogP contribution in [0.4, 0.5) is 5.82 Å². The number of carbonyl (C=O) groups is 3. The summed E-state index contributed by atoms with van der Waals surface area (Å²) in [6.45, 7) is 12.5. The number of aromatic nitrogens is 1. The first-order chi connectivity index (χ1) is 12.9. The minimum atomic E-state index is -0.609. The van der Waals surface area contributed by atoms with Crippen molar-refractivity contribution in [3.63, 3.8) is 0 Å². The molecule has 0 aromatic carbocycles. The first-order valence-corrected chi connectivity index (χ1v) is 10.3. The van der Waals surface area contributed by atoms with Crippen molar-refractivity contribution in [2.45, 2.75) is 71.8 Å². The zero-order valence-corrected chi connectivity index (χ0v) is 18.5.